The lowest BCUT2D eigenvalue weighted by molar-refractivity contribution is -0.137. The summed E-state index contributed by atoms with van der Waals surface area (Å²) in [7, 11) is 0. The molecule has 1 fully saturated rings. The Morgan fingerprint density at radius 3 is 2.33 bits per heavy atom. The Balaban J connectivity index is 1.90. The van der Waals surface area contributed by atoms with Crippen LogP contribution >= 0.6 is 0 Å². The van der Waals surface area contributed by atoms with Crippen LogP contribution in [0, 0.1) is 5.92 Å². The minimum absolute atomic E-state index is 0.110. The van der Waals surface area contributed by atoms with Gasteiger partial charge in [0.15, 0.2) is 0 Å². The number of benzene rings is 1. The molecule has 0 bridgehead atoms. The van der Waals surface area contributed by atoms with Gasteiger partial charge in [-0.15, -0.1) is 0 Å². The summed E-state index contributed by atoms with van der Waals surface area (Å²) >= 11 is 0. The minimum atomic E-state index is -0.795. The maximum atomic E-state index is 12.4. The first-order valence-corrected chi connectivity index (χ1v) is 7.74. The van der Waals surface area contributed by atoms with Gasteiger partial charge in [-0.05, 0) is 43.7 Å². The number of hydrogen-bond acceptors (Lipinski definition) is 2. The van der Waals surface area contributed by atoms with E-state index in [1.807, 2.05) is 35.2 Å². The molecule has 0 spiro atoms. The average Bonchev–Trinajstić information content (AvgIpc) is 2.43. The summed E-state index contributed by atoms with van der Waals surface area (Å²) < 4.78 is 0. The molecule has 0 aliphatic heterocycles. The van der Waals surface area contributed by atoms with Gasteiger partial charge in [-0.1, -0.05) is 24.6 Å². The maximum Gasteiger partial charge on any atom is 0.303 e. The van der Waals surface area contributed by atoms with Crippen LogP contribution in [-0.2, 0) is 9.59 Å². The molecule has 1 aromatic rings. The second-order valence-corrected chi connectivity index (χ2v) is 5.74. The van der Waals surface area contributed by atoms with Gasteiger partial charge >= 0.3 is 5.97 Å². The van der Waals surface area contributed by atoms with Gasteiger partial charge in [-0.25, -0.2) is 0 Å². The molecule has 21 heavy (non-hydrogen) atoms. The molecule has 4 nitrogen and oxygen atoms in total. The summed E-state index contributed by atoms with van der Waals surface area (Å²) in [5.74, 6) is -0.0662. The zero-order valence-corrected chi connectivity index (χ0v) is 12.3. The maximum absolute atomic E-state index is 12.4. The highest BCUT2D eigenvalue weighted by Crippen LogP contribution is 2.29. The van der Waals surface area contributed by atoms with E-state index in [0.29, 0.717) is 25.2 Å². The van der Waals surface area contributed by atoms with Crippen LogP contribution in [0.1, 0.15) is 44.9 Å². The normalized spacial score (nSPS) is 14.5. The summed E-state index contributed by atoms with van der Waals surface area (Å²) in [6.07, 6.45) is 5.44. The Kier molecular flexibility index (Phi) is 5.78. The molecule has 4 heteroatoms. The van der Waals surface area contributed by atoms with E-state index < -0.39 is 5.97 Å². The average molecular weight is 289 g/mol. The van der Waals surface area contributed by atoms with Crippen molar-refractivity contribution in [2.75, 3.05) is 11.4 Å². The van der Waals surface area contributed by atoms with E-state index in [1.54, 1.807) is 0 Å². The zero-order valence-electron chi connectivity index (χ0n) is 12.3. The molecule has 1 saturated carbocycles. The van der Waals surface area contributed by atoms with Crippen LogP contribution in [0.15, 0.2) is 30.3 Å². The van der Waals surface area contributed by atoms with E-state index in [9.17, 15) is 9.59 Å². The zero-order chi connectivity index (χ0) is 15.1. The molecule has 0 radical (unpaired) electrons. The Bertz CT molecular complexity index is 468. The second kappa shape index (κ2) is 7.81. The highest BCUT2D eigenvalue weighted by molar-refractivity contribution is 5.93. The van der Waals surface area contributed by atoms with Crippen molar-refractivity contribution in [3.05, 3.63) is 30.3 Å². The van der Waals surface area contributed by atoms with Crippen LogP contribution < -0.4 is 4.90 Å². The second-order valence-electron chi connectivity index (χ2n) is 5.74. The molecule has 1 N–H and O–H groups in total. The van der Waals surface area contributed by atoms with Crippen molar-refractivity contribution in [1.29, 1.82) is 0 Å². The summed E-state index contributed by atoms with van der Waals surface area (Å²) in [4.78, 5) is 24.8. The molecular weight excluding hydrogens is 266 g/mol. The molecule has 0 atom stereocenters. The van der Waals surface area contributed by atoms with E-state index in [4.69, 9.17) is 5.11 Å². The first-order chi connectivity index (χ1) is 10.2. The number of nitrogens with zero attached hydrogens (tertiary/aromatic N) is 1. The number of hydrogen-bond donors (Lipinski definition) is 1. The Morgan fingerprint density at radius 2 is 1.76 bits per heavy atom. The number of amides is 1. The van der Waals surface area contributed by atoms with Crippen LogP contribution in [0.2, 0.25) is 0 Å². The van der Waals surface area contributed by atoms with Gasteiger partial charge in [0.25, 0.3) is 0 Å². The Morgan fingerprint density at radius 1 is 1.10 bits per heavy atom. The molecule has 0 unspecified atom stereocenters. The van der Waals surface area contributed by atoms with E-state index in [0.717, 1.165) is 12.2 Å². The molecule has 1 aliphatic carbocycles. The number of carboxylic acids is 1. The Hall–Kier alpha value is -1.84. The smallest absolute Gasteiger partial charge is 0.303 e. The number of carbonyl (C=O) groups excluding carboxylic acids is 1. The summed E-state index contributed by atoms with van der Waals surface area (Å²) in [5.41, 5.74) is 0.952. The molecule has 1 aliphatic rings. The highest BCUT2D eigenvalue weighted by atomic mass is 16.4. The number of rotatable bonds is 8. The van der Waals surface area contributed by atoms with E-state index in [1.165, 1.54) is 19.3 Å². The van der Waals surface area contributed by atoms with Crippen molar-refractivity contribution in [1.82, 2.24) is 0 Å². The number of carboxylic acid groups (broad SMARTS) is 1. The van der Waals surface area contributed by atoms with Crippen molar-refractivity contribution in [3.63, 3.8) is 0 Å². The predicted molar refractivity (Wildman–Crippen MR) is 82.2 cm³/mol. The summed E-state index contributed by atoms with van der Waals surface area (Å²) in [6, 6.07) is 9.77. The third kappa shape index (κ3) is 4.88. The lowest BCUT2D eigenvalue weighted by atomic mass is 9.85. The van der Waals surface area contributed by atoms with E-state index in [2.05, 4.69) is 0 Å². The van der Waals surface area contributed by atoms with E-state index >= 15 is 0 Å². The number of unbranched alkanes of at least 4 members (excludes halogenated alkanes) is 1. The van der Waals surface area contributed by atoms with Gasteiger partial charge in [-0.2, -0.15) is 0 Å². The van der Waals surface area contributed by atoms with Gasteiger partial charge in [0.2, 0.25) is 5.91 Å². The lowest BCUT2D eigenvalue weighted by Crippen LogP contribution is -2.37. The molecule has 2 rings (SSSR count). The predicted octanol–water partition coefficient (Wildman–Crippen LogP) is 3.46. The fourth-order valence-electron chi connectivity index (χ4n) is 2.58. The summed E-state index contributed by atoms with van der Waals surface area (Å²) in [5, 5.41) is 8.63. The van der Waals surface area contributed by atoms with Crippen molar-refractivity contribution in [2.24, 2.45) is 5.92 Å². The third-order valence-electron chi connectivity index (χ3n) is 4.07. The fourth-order valence-corrected chi connectivity index (χ4v) is 2.58. The van der Waals surface area contributed by atoms with Gasteiger partial charge in [0, 0.05) is 25.1 Å². The molecule has 0 saturated heterocycles. The number of carbonyl (C=O) groups is 2. The van der Waals surface area contributed by atoms with E-state index in [-0.39, 0.29) is 12.3 Å². The van der Waals surface area contributed by atoms with Crippen molar-refractivity contribution in [2.45, 2.75) is 44.9 Å². The van der Waals surface area contributed by atoms with Crippen LogP contribution in [0.5, 0.6) is 0 Å². The fraction of sp³-hybridized carbons (Fsp3) is 0.529. The van der Waals surface area contributed by atoms with Gasteiger partial charge in [0.1, 0.15) is 0 Å². The monoisotopic (exact) mass is 289 g/mol. The topological polar surface area (TPSA) is 57.6 Å². The van der Waals surface area contributed by atoms with Crippen LogP contribution in [-0.4, -0.2) is 23.5 Å². The number of anilines is 1. The lowest BCUT2D eigenvalue weighted by Gasteiger charge is -2.32. The first-order valence-electron chi connectivity index (χ1n) is 7.74. The number of aliphatic carboxylic acids is 1. The van der Waals surface area contributed by atoms with Gasteiger partial charge in [0.05, 0.1) is 0 Å². The molecule has 114 valence electrons. The molecule has 0 aromatic heterocycles. The minimum Gasteiger partial charge on any atom is -0.481 e. The molecular formula is C17H23NO3. The molecule has 1 amide bonds. The largest absolute Gasteiger partial charge is 0.481 e. The van der Waals surface area contributed by atoms with Crippen molar-refractivity contribution >= 4 is 17.6 Å². The molecule has 1 aromatic carbocycles. The number of para-hydroxylation sites is 1. The van der Waals surface area contributed by atoms with Crippen LogP contribution in [0.3, 0.4) is 0 Å². The van der Waals surface area contributed by atoms with Crippen LogP contribution in [0.4, 0.5) is 5.69 Å². The van der Waals surface area contributed by atoms with Crippen LogP contribution in [0.25, 0.3) is 0 Å². The standard InChI is InChI=1S/C17H23NO3/c19-16(11-4-5-12-17(20)21)18(13-14-7-6-8-14)15-9-2-1-3-10-15/h1-3,9-10,14H,4-8,11-13H2,(H,20,21). The highest BCUT2D eigenvalue weighted by Gasteiger charge is 2.24. The summed E-state index contributed by atoms with van der Waals surface area (Å²) in [6.45, 7) is 0.793. The quantitative estimate of drug-likeness (QED) is 0.746. The molecule has 0 heterocycles. The first kappa shape index (κ1) is 15.5. The Labute approximate surface area is 125 Å². The SMILES string of the molecule is O=C(O)CCCCC(=O)N(CC1CCC1)c1ccccc1. The van der Waals surface area contributed by atoms with Crippen molar-refractivity contribution < 1.29 is 14.7 Å². The van der Waals surface area contributed by atoms with Crippen molar-refractivity contribution in [3.8, 4) is 0 Å². The van der Waals surface area contributed by atoms with Gasteiger partial charge < -0.3 is 10.0 Å². The third-order valence-corrected chi connectivity index (χ3v) is 4.07. The van der Waals surface area contributed by atoms with Gasteiger partial charge in [-0.3, -0.25) is 9.59 Å².